The van der Waals surface area contributed by atoms with E-state index in [1.807, 2.05) is 19.2 Å². The average Bonchev–Trinajstić information content (AvgIpc) is 2.27. The third kappa shape index (κ3) is 3.39. The first-order chi connectivity index (χ1) is 8.56. The van der Waals surface area contributed by atoms with E-state index in [-0.39, 0.29) is 6.04 Å². The van der Waals surface area contributed by atoms with Crippen molar-refractivity contribution in [1.82, 2.24) is 4.98 Å². The van der Waals surface area contributed by atoms with Crippen LogP contribution < -0.4 is 10.6 Å². The molecule has 1 fully saturated rings. The van der Waals surface area contributed by atoms with Gasteiger partial charge in [-0.05, 0) is 25.0 Å². The van der Waals surface area contributed by atoms with Crippen LogP contribution >= 0.6 is 11.8 Å². The minimum atomic E-state index is 0.182. The van der Waals surface area contributed by atoms with Crippen molar-refractivity contribution in [2.75, 3.05) is 18.0 Å². The molecule has 100 valence electrons. The Balaban J connectivity index is 2.21. The second-order valence-corrected chi connectivity index (χ2v) is 7.21. The minimum Gasteiger partial charge on any atom is -0.354 e. The number of hydrogen-bond acceptors (Lipinski definition) is 4. The Hall–Kier alpha value is -0.740. The molecule has 0 aromatic carbocycles. The molecule has 0 bridgehead atoms. The summed E-state index contributed by atoms with van der Waals surface area (Å²) in [5.41, 5.74) is 7.20. The SMILES string of the molecule is CC(N)Cc1cccnc1N1CC(C)SC(C)C1. The quantitative estimate of drug-likeness (QED) is 0.910. The summed E-state index contributed by atoms with van der Waals surface area (Å²) < 4.78 is 0. The van der Waals surface area contributed by atoms with Gasteiger partial charge in [-0.25, -0.2) is 4.98 Å². The monoisotopic (exact) mass is 265 g/mol. The average molecular weight is 265 g/mol. The topological polar surface area (TPSA) is 42.1 Å². The lowest BCUT2D eigenvalue weighted by Gasteiger charge is -2.36. The Kier molecular flexibility index (Phi) is 4.51. The van der Waals surface area contributed by atoms with Gasteiger partial charge in [0.05, 0.1) is 0 Å². The Morgan fingerprint density at radius 2 is 2.11 bits per heavy atom. The van der Waals surface area contributed by atoms with Crippen LogP contribution in [0, 0.1) is 0 Å². The molecule has 2 heterocycles. The molecule has 2 rings (SSSR count). The van der Waals surface area contributed by atoms with Gasteiger partial charge in [-0.2, -0.15) is 11.8 Å². The van der Waals surface area contributed by atoms with Crippen LogP contribution in [0.15, 0.2) is 18.3 Å². The van der Waals surface area contributed by atoms with Gasteiger partial charge >= 0.3 is 0 Å². The number of anilines is 1. The number of nitrogens with zero attached hydrogens (tertiary/aromatic N) is 2. The molecule has 1 aliphatic rings. The second kappa shape index (κ2) is 5.93. The summed E-state index contributed by atoms with van der Waals surface area (Å²) in [5, 5.41) is 1.33. The number of hydrogen-bond donors (Lipinski definition) is 1. The third-order valence-electron chi connectivity index (χ3n) is 3.13. The first kappa shape index (κ1) is 13.7. The maximum Gasteiger partial charge on any atom is 0.131 e. The summed E-state index contributed by atoms with van der Waals surface area (Å²) in [7, 11) is 0. The molecule has 0 spiro atoms. The van der Waals surface area contributed by atoms with Gasteiger partial charge in [0.25, 0.3) is 0 Å². The van der Waals surface area contributed by atoms with E-state index in [9.17, 15) is 0 Å². The molecule has 0 amide bonds. The van der Waals surface area contributed by atoms with E-state index in [0.29, 0.717) is 10.5 Å². The van der Waals surface area contributed by atoms with Crippen LogP contribution in [0.4, 0.5) is 5.82 Å². The molecule has 18 heavy (non-hydrogen) atoms. The zero-order valence-corrected chi connectivity index (χ0v) is 12.3. The van der Waals surface area contributed by atoms with Crippen molar-refractivity contribution in [3.63, 3.8) is 0 Å². The summed E-state index contributed by atoms with van der Waals surface area (Å²) >= 11 is 2.07. The summed E-state index contributed by atoms with van der Waals surface area (Å²) in [5.74, 6) is 1.13. The lowest BCUT2D eigenvalue weighted by Crippen LogP contribution is -2.41. The number of thioether (sulfide) groups is 1. The van der Waals surface area contributed by atoms with Crippen LogP contribution in [0.1, 0.15) is 26.3 Å². The molecular weight excluding hydrogens is 242 g/mol. The molecule has 3 unspecified atom stereocenters. The van der Waals surface area contributed by atoms with Crippen LogP contribution in [-0.2, 0) is 6.42 Å². The van der Waals surface area contributed by atoms with Crippen LogP contribution in [0.5, 0.6) is 0 Å². The van der Waals surface area contributed by atoms with Crippen molar-refractivity contribution >= 4 is 17.6 Å². The van der Waals surface area contributed by atoms with Gasteiger partial charge in [-0.1, -0.05) is 19.9 Å². The van der Waals surface area contributed by atoms with E-state index >= 15 is 0 Å². The maximum atomic E-state index is 5.93. The smallest absolute Gasteiger partial charge is 0.131 e. The van der Waals surface area contributed by atoms with Gasteiger partial charge in [0, 0.05) is 35.8 Å². The highest BCUT2D eigenvalue weighted by Gasteiger charge is 2.24. The lowest BCUT2D eigenvalue weighted by molar-refractivity contribution is 0.696. The summed E-state index contributed by atoms with van der Waals surface area (Å²) in [6.07, 6.45) is 2.78. The number of rotatable bonds is 3. The molecule has 4 heteroatoms. The van der Waals surface area contributed by atoms with Crippen LogP contribution in [0.3, 0.4) is 0 Å². The minimum absolute atomic E-state index is 0.182. The molecular formula is C14H23N3S. The normalized spacial score (nSPS) is 26.1. The van der Waals surface area contributed by atoms with Crippen molar-refractivity contribution in [3.8, 4) is 0 Å². The fourth-order valence-electron chi connectivity index (χ4n) is 2.57. The van der Waals surface area contributed by atoms with Gasteiger partial charge in [0.2, 0.25) is 0 Å². The van der Waals surface area contributed by atoms with Gasteiger partial charge < -0.3 is 10.6 Å². The summed E-state index contributed by atoms with van der Waals surface area (Å²) in [6.45, 7) is 8.80. The van der Waals surface area contributed by atoms with Gasteiger partial charge in [-0.15, -0.1) is 0 Å². The van der Waals surface area contributed by atoms with Crippen molar-refractivity contribution in [3.05, 3.63) is 23.9 Å². The van der Waals surface area contributed by atoms with Crippen molar-refractivity contribution in [2.24, 2.45) is 5.73 Å². The zero-order valence-electron chi connectivity index (χ0n) is 11.5. The molecule has 3 nitrogen and oxygen atoms in total. The summed E-state index contributed by atoms with van der Waals surface area (Å²) in [4.78, 5) is 7.01. The molecule has 0 radical (unpaired) electrons. The summed E-state index contributed by atoms with van der Waals surface area (Å²) in [6, 6.07) is 4.34. The molecule has 2 N–H and O–H groups in total. The Labute approximate surface area is 114 Å². The number of aromatic nitrogens is 1. The molecule has 1 aliphatic heterocycles. The first-order valence-corrected chi connectivity index (χ1v) is 7.60. The fourth-order valence-corrected chi connectivity index (χ4v) is 3.90. The highest BCUT2D eigenvalue weighted by molar-refractivity contribution is 8.00. The van der Waals surface area contributed by atoms with Gasteiger partial charge in [-0.3, -0.25) is 0 Å². The van der Waals surface area contributed by atoms with E-state index in [0.717, 1.165) is 25.3 Å². The first-order valence-electron chi connectivity index (χ1n) is 6.66. The predicted octanol–water partition coefficient (Wildman–Crippen LogP) is 2.30. The number of nitrogens with two attached hydrogens (primary N) is 1. The van der Waals surface area contributed by atoms with Gasteiger partial charge in [0.15, 0.2) is 0 Å². The van der Waals surface area contributed by atoms with Crippen LogP contribution in [-0.4, -0.2) is 34.6 Å². The maximum absolute atomic E-state index is 5.93. The van der Waals surface area contributed by atoms with E-state index in [2.05, 4.69) is 41.6 Å². The molecule has 3 atom stereocenters. The van der Waals surface area contributed by atoms with Crippen LogP contribution in [0.25, 0.3) is 0 Å². The van der Waals surface area contributed by atoms with Crippen molar-refractivity contribution < 1.29 is 0 Å². The molecule has 1 saturated heterocycles. The zero-order chi connectivity index (χ0) is 13.1. The van der Waals surface area contributed by atoms with Crippen molar-refractivity contribution in [1.29, 1.82) is 0 Å². The molecule has 1 aromatic rings. The lowest BCUT2D eigenvalue weighted by atomic mass is 10.1. The highest BCUT2D eigenvalue weighted by atomic mass is 32.2. The predicted molar refractivity (Wildman–Crippen MR) is 80.3 cm³/mol. The Bertz CT molecular complexity index is 384. The third-order valence-corrected chi connectivity index (χ3v) is 4.36. The number of pyridine rings is 1. The second-order valence-electron chi connectivity index (χ2n) is 5.33. The van der Waals surface area contributed by atoms with Crippen molar-refractivity contribution in [2.45, 2.75) is 43.7 Å². The largest absolute Gasteiger partial charge is 0.354 e. The standard InChI is InChI=1S/C14H23N3S/c1-10(15)7-13-5-4-6-16-14(13)17-8-11(2)18-12(3)9-17/h4-6,10-12H,7-9,15H2,1-3H3. The Morgan fingerprint density at radius 1 is 1.44 bits per heavy atom. The molecule has 0 saturated carbocycles. The highest BCUT2D eigenvalue weighted by Crippen LogP contribution is 2.29. The van der Waals surface area contributed by atoms with Gasteiger partial charge in [0.1, 0.15) is 5.82 Å². The van der Waals surface area contributed by atoms with E-state index in [1.54, 1.807) is 0 Å². The Morgan fingerprint density at radius 3 is 2.72 bits per heavy atom. The van der Waals surface area contributed by atoms with E-state index in [4.69, 9.17) is 5.73 Å². The molecule has 0 aliphatic carbocycles. The van der Waals surface area contributed by atoms with E-state index in [1.165, 1.54) is 5.56 Å². The molecule has 1 aromatic heterocycles. The fraction of sp³-hybridized carbons (Fsp3) is 0.643. The van der Waals surface area contributed by atoms with E-state index < -0.39 is 0 Å². The van der Waals surface area contributed by atoms with Crippen LogP contribution in [0.2, 0.25) is 0 Å².